The van der Waals surface area contributed by atoms with Gasteiger partial charge in [0.05, 0.1) is 16.8 Å². The molecule has 3 nitrogen and oxygen atoms in total. The summed E-state index contributed by atoms with van der Waals surface area (Å²) >= 11 is 1.72. The molecule has 0 spiro atoms. The highest BCUT2D eigenvalue weighted by atomic mass is 32.1. The SMILES string of the molecule is CCCNc1nc2c(C)cc(OCC)c(C)c2s1. The summed E-state index contributed by atoms with van der Waals surface area (Å²) in [5.41, 5.74) is 3.47. The van der Waals surface area contributed by atoms with Crippen LogP contribution < -0.4 is 10.1 Å². The molecule has 1 aromatic carbocycles. The van der Waals surface area contributed by atoms with Gasteiger partial charge < -0.3 is 10.1 Å². The number of benzene rings is 1. The molecule has 18 heavy (non-hydrogen) atoms. The summed E-state index contributed by atoms with van der Waals surface area (Å²) in [7, 11) is 0. The van der Waals surface area contributed by atoms with Crippen molar-refractivity contribution in [3.8, 4) is 5.75 Å². The van der Waals surface area contributed by atoms with Crippen molar-refractivity contribution < 1.29 is 4.74 Å². The van der Waals surface area contributed by atoms with E-state index < -0.39 is 0 Å². The van der Waals surface area contributed by atoms with Gasteiger partial charge in [-0.25, -0.2) is 4.98 Å². The molecule has 0 bridgehead atoms. The van der Waals surface area contributed by atoms with Gasteiger partial charge in [-0.2, -0.15) is 0 Å². The lowest BCUT2D eigenvalue weighted by atomic mass is 10.1. The summed E-state index contributed by atoms with van der Waals surface area (Å²) in [6.07, 6.45) is 1.11. The zero-order valence-corrected chi connectivity index (χ0v) is 12.3. The molecule has 0 aliphatic carbocycles. The van der Waals surface area contributed by atoms with Gasteiger partial charge in [0.25, 0.3) is 0 Å². The minimum atomic E-state index is 0.700. The number of rotatable bonds is 5. The van der Waals surface area contributed by atoms with Crippen molar-refractivity contribution in [1.29, 1.82) is 0 Å². The summed E-state index contributed by atoms with van der Waals surface area (Å²) in [5, 5.41) is 4.36. The number of thiazole rings is 1. The molecule has 0 aliphatic rings. The number of nitrogens with zero attached hydrogens (tertiary/aromatic N) is 1. The first kappa shape index (κ1) is 13.1. The molecule has 0 amide bonds. The highest BCUT2D eigenvalue weighted by molar-refractivity contribution is 7.22. The predicted molar refractivity (Wildman–Crippen MR) is 79.0 cm³/mol. The van der Waals surface area contributed by atoms with Crippen LogP contribution in [-0.4, -0.2) is 18.1 Å². The number of aromatic nitrogens is 1. The third-order valence-corrected chi connectivity index (χ3v) is 4.02. The zero-order chi connectivity index (χ0) is 13.1. The summed E-state index contributed by atoms with van der Waals surface area (Å²) in [4.78, 5) is 4.66. The molecular weight excluding hydrogens is 244 g/mol. The van der Waals surface area contributed by atoms with Crippen molar-refractivity contribution in [1.82, 2.24) is 4.98 Å². The van der Waals surface area contributed by atoms with Crippen LogP contribution in [0.15, 0.2) is 6.07 Å². The molecular formula is C14H20N2OS. The Kier molecular flexibility index (Phi) is 4.07. The van der Waals surface area contributed by atoms with E-state index in [0.29, 0.717) is 6.61 Å². The highest BCUT2D eigenvalue weighted by Gasteiger charge is 2.12. The van der Waals surface area contributed by atoms with Crippen molar-refractivity contribution >= 4 is 26.7 Å². The van der Waals surface area contributed by atoms with E-state index in [2.05, 4.69) is 37.1 Å². The highest BCUT2D eigenvalue weighted by Crippen LogP contribution is 2.36. The fourth-order valence-corrected chi connectivity index (χ4v) is 3.00. The molecule has 98 valence electrons. The summed E-state index contributed by atoms with van der Waals surface area (Å²) < 4.78 is 6.91. The van der Waals surface area contributed by atoms with Gasteiger partial charge in [-0.3, -0.25) is 0 Å². The molecule has 0 aliphatic heterocycles. The van der Waals surface area contributed by atoms with Crippen LogP contribution in [0.2, 0.25) is 0 Å². The van der Waals surface area contributed by atoms with Crippen LogP contribution in [-0.2, 0) is 0 Å². The third kappa shape index (κ3) is 2.43. The molecule has 2 aromatic rings. The molecule has 4 heteroatoms. The van der Waals surface area contributed by atoms with E-state index in [1.807, 2.05) is 6.92 Å². The summed E-state index contributed by atoms with van der Waals surface area (Å²) in [6, 6.07) is 2.09. The Morgan fingerprint density at radius 1 is 1.33 bits per heavy atom. The first-order valence-electron chi connectivity index (χ1n) is 6.44. The van der Waals surface area contributed by atoms with Crippen molar-refractivity contribution in [2.75, 3.05) is 18.5 Å². The normalized spacial score (nSPS) is 10.9. The Bertz CT molecular complexity index is 548. The van der Waals surface area contributed by atoms with Crippen LogP contribution in [0.1, 0.15) is 31.4 Å². The molecule has 1 heterocycles. The average Bonchev–Trinajstić information content (AvgIpc) is 2.78. The first-order valence-corrected chi connectivity index (χ1v) is 7.26. The number of aryl methyl sites for hydroxylation is 2. The lowest BCUT2D eigenvalue weighted by molar-refractivity contribution is 0.338. The van der Waals surface area contributed by atoms with Crippen LogP contribution in [0.3, 0.4) is 0 Å². The quantitative estimate of drug-likeness (QED) is 0.881. The Labute approximate surface area is 112 Å². The Balaban J connectivity index is 2.47. The molecule has 1 N–H and O–H groups in total. The van der Waals surface area contributed by atoms with Gasteiger partial charge in [-0.1, -0.05) is 18.3 Å². The Hall–Kier alpha value is -1.29. The molecule has 0 unspecified atom stereocenters. The third-order valence-electron chi connectivity index (χ3n) is 2.88. The maximum Gasteiger partial charge on any atom is 0.183 e. The fourth-order valence-electron chi connectivity index (χ4n) is 1.94. The average molecular weight is 264 g/mol. The van der Waals surface area contributed by atoms with E-state index in [1.54, 1.807) is 11.3 Å². The van der Waals surface area contributed by atoms with E-state index in [1.165, 1.54) is 15.8 Å². The van der Waals surface area contributed by atoms with Gasteiger partial charge in [-0.05, 0) is 38.8 Å². The largest absolute Gasteiger partial charge is 0.494 e. The van der Waals surface area contributed by atoms with Gasteiger partial charge >= 0.3 is 0 Å². The number of nitrogens with one attached hydrogen (secondary N) is 1. The van der Waals surface area contributed by atoms with Crippen LogP contribution in [0.25, 0.3) is 10.2 Å². The van der Waals surface area contributed by atoms with Crippen LogP contribution in [0.5, 0.6) is 5.75 Å². The van der Waals surface area contributed by atoms with E-state index in [4.69, 9.17) is 4.74 Å². The second-order valence-corrected chi connectivity index (χ2v) is 5.37. The van der Waals surface area contributed by atoms with E-state index in [0.717, 1.165) is 29.4 Å². The van der Waals surface area contributed by atoms with Crippen molar-refractivity contribution in [3.63, 3.8) is 0 Å². The Morgan fingerprint density at radius 3 is 2.78 bits per heavy atom. The van der Waals surface area contributed by atoms with Gasteiger partial charge in [0.15, 0.2) is 5.13 Å². The second kappa shape index (κ2) is 5.57. The van der Waals surface area contributed by atoms with Gasteiger partial charge in [0.1, 0.15) is 5.75 Å². The topological polar surface area (TPSA) is 34.2 Å². The minimum Gasteiger partial charge on any atom is -0.494 e. The van der Waals surface area contributed by atoms with Crippen LogP contribution in [0, 0.1) is 13.8 Å². The van der Waals surface area contributed by atoms with Crippen LogP contribution in [0.4, 0.5) is 5.13 Å². The van der Waals surface area contributed by atoms with Gasteiger partial charge in [0.2, 0.25) is 0 Å². The molecule has 0 radical (unpaired) electrons. The van der Waals surface area contributed by atoms with Gasteiger partial charge in [-0.15, -0.1) is 0 Å². The minimum absolute atomic E-state index is 0.700. The Morgan fingerprint density at radius 2 is 2.11 bits per heavy atom. The smallest absolute Gasteiger partial charge is 0.183 e. The molecule has 0 fully saturated rings. The maximum absolute atomic E-state index is 5.67. The number of fused-ring (bicyclic) bond motifs is 1. The first-order chi connectivity index (χ1) is 8.67. The maximum atomic E-state index is 5.67. The molecule has 0 saturated heterocycles. The van der Waals surface area contributed by atoms with E-state index >= 15 is 0 Å². The number of ether oxygens (including phenoxy) is 1. The van der Waals surface area contributed by atoms with Crippen molar-refractivity contribution in [2.45, 2.75) is 34.1 Å². The molecule has 1 aromatic heterocycles. The summed E-state index contributed by atoms with van der Waals surface area (Å²) in [5.74, 6) is 0.980. The van der Waals surface area contributed by atoms with Crippen molar-refractivity contribution in [3.05, 3.63) is 17.2 Å². The summed E-state index contributed by atoms with van der Waals surface area (Å²) in [6.45, 7) is 10.0. The van der Waals surface area contributed by atoms with E-state index in [-0.39, 0.29) is 0 Å². The van der Waals surface area contributed by atoms with Gasteiger partial charge in [0, 0.05) is 12.1 Å². The second-order valence-electron chi connectivity index (χ2n) is 4.37. The van der Waals surface area contributed by atoms with Crippen molar-refractivity contribution in [2.24, 2.45) is 0 Å². The lowest BCUT2D eigenvalue weighted by Crippen LogP contribution is -1.98. The standard InChI is InChI=1S/C14H20N2OS/c1-5-7-15-14-16-12-9(3)8-11(17-6-2)10(4)13(12)18-14/h8H,5-7H2,1-4H3,(H,15,16). The van der Waals surface area contributed by atoms with Crippen LogP contribution >= 0.6 is 11.3 Å². The van der Waals surface area contributed by atoms with E-state index in [9.17, 15) is 0 Å². The monoisotopic (exact) mass is 264 g/mol. The number of anilines is 1. The number of hydrogen-bond acceptors (Lipinski definition) is 4. The molecule has 2 rings (SSSR count). The predicted octanol–water partition coefficient (Wildman–Crippen LogP) is 4.13. The lowest BCUT2D eigenvalue weighted by Gasteiger charge is -2.08. The molecule has 0 saturated carbocycles. The number of hydrogen-bond donors (Lipinski definition) is 1. The fraction of sp³-hybridized carbons (Fsp3) is 0.500. The zero-order valence-electron chi connectivity index (χ0n) is 11.5. The molecule has 0 atom stereocenters.